The highest BCUT2D eigenvalue weighted by Crippen LogP contribution is 2.32. The minimum Gasteiger partial charge on any atom is -0.465 e. The fourth-order valence-corrected chi connectivity index (χ4v) is 2.81. The number of hydrogen-bond donors (Lipinski definition) is 0. The van der Waals surface area contributed by atoms with Crippen molar-refractivity contribution in [3.8, 4) is 0 Å². The number of rotatable bonds is 4. The molecule has 0 aromatic heterocycles. The summed E-state index contributed by atoms with van der Waals surface area (Å²) in [7, 11) is 0. The van der Waals surface area contributed by atoms with Crippen LogP contribution in [0.4, 0.5) is 0 Å². The fraction of sp³-hybridized carbons (Fsp3) is 0.471. The van der Waals surface area contributed by atoms with E-state index in [1.54, 1.807) is 43.0 Å². The largest absolute Gasteiger partial charge is 0.465 e. The van der Waals surface area contributed by atoms with Gasteiger partial charge in [0.2, 0.25) is 0 Å². The molecule has 0 aliphatic carbocycles. The molecule has 2 rings (SSSR count). The second-order valence-corrected chi connectivity index (χ2v) is 5.42. The minimum absolute atomic E-state index is 0.0922. The zero-order valence-corrected chi connectivity index (χ0v) is 13.0. The number of benzene rings is 1. The lowest BCUT2D eigenvalue weighted by molar-refractivity contribution is -0.163. The highest BCUT2D eigenvalue weighted by molar-refractivity contribution is 6.06. The maximum Gasteiger partial charge on any atom is 0.321 e. The molecular weight excluding hydrogens is 282 g/mol. The number of carbonyl (C=O) groups excluding carboxylic acids is 3. The first-order valence-corrected chi connectivity index (χ1v) is 7.60. The van der Waals surface area contributed by atoms with E-state index in [0.717, 1.165) is 0 Å². The molecule has 0 radical (unpaired) electrons. The molecule has 1 aromatic rings. The summed E-state index contributed by atoms with van der Waals surface area (Å²) in [4.78, 5) is 38.7. The molecule has 5 nitrogen and oxygen atoms in total. The Hall–Kier alpha value is -2.17. The van der Waals surface area contributed by atoms with Crippen molar-refractivity contribution in [2.45, 2.75) is 26.7 Å². The van der Waals surface area contributed by atoms with Crippen molar-refractivity contribution < 1.29 is 19.1 Å². The summed E-state index contributed by atoms with van der Waals surface area (Å²) in [5.41, 5.74) is -0.663. The first-order chi connectivity index (χ1) is 10.5. The Morgan fingerprint density at radius 2 is 1.91 bits per heavy atom. The van der Waals surface area contributed by atoms with Gasteiger partial charge < -0.3 is 9.64 Å². The van der Waals surface area contributed by atoms with Crippen LogP contribution in [0.2, 0.25) is 0 Å². The van der Waals surface area contributed by atoms with E-state index in [4.69, 9.17) is 4.74 Å². The molecular formula is C17H21NO4. The smallest absolute Gasteiger partial charge is 0.321 e. The number of ether oxygens (including phenoxy) is 1. The molecule has 1 saturated heterocycles. The summed E-state index contributed by atoms with van der Waals surface area (Å²) < 4.78 is 5.08. The predicted molar refractivity (Wildman–Crippen MR) is 81.3 cm³/mol. The first kappa shape index (κ1) is 16.2. The lowest BCUT2D eigenvalue weighted by Crippen LogP contribution is -2.55. The number of Topliss-reactive ketones (excluding diaryl/α,β-unsaturated/α-hetero) is 1. The molecule has 0 bridgehead atoms. The van der Waals surface area contributed by atoms with Gasteiger partial charge in [0, 0.05) is 25.1 Å². The van der Waals surface area contributed by atoms with Crippen LogP contribution in [0.1, 0.15) is 37.0 Å². The molecule has 118 valence electrons. The van der Waals surface area contributed by atoms with E-state index in [2.05, 4.69) is 0 Å². The Morgan fingerprint density at radius 1 is 1.23 bits per heavy atom. The van der Waals surface area contributed by atoms with Gasteiger partial charge in [0.25, 0.3) is 5.91 Å². The minimum atomic E-state index is -1.22. The second-order valence-electron chi connectivity index (χ2n) is 5.42. The van der Waals surface area contributed by atoms with Crippen LogP contribution in [-0.2, 0) is 14.3 Å². The van der Waals surface area contributed by atoms with E-state index in [-0.39, 0.29) is 31.3 Å². The van der Waals surface area contributed by atoms with E-state index in [1.807, 2.05) is 6.07 Å². The zero-order valence-electron chi connectivity index (χ0n) is 13.0. The van der Waals surface area contributed by atoms with E-state index in [9.17, 15) is 14.4 Å². The van der Waals surface area contributed by atoms with Crippen LogP contribution >= 0.6 is 0 Å². The highest BCUT2D eigenvalue weighted by atomic mass is 16.5. The Balaban J connectivity index is 2.25. The van der Waals surface area contributed by atoms with Gasteiger partial charge >= 0.3 is 5.97 Å². The Bertz CT molecular complexity index is 569. The van der Waals surface area contributed by atoms with Crippen LogP contribution in [-0.4, -0.2) is 42.3 Å². The van der Waals surface area contributed by atoms with Gasteiger partial charge in [-0.1, -0.05) is 25.1 Å². The Morgan fingerprint density at radius 3 is 2.50 bits per heavy atom. The third-order valence-electron chi connectivity index (χ3n) is 4.18. The molecule has 22 heavy (non-hydrogen) atoms. The summed E-state index contributed by atoms with van der Waals surface area (Å²) in [5.74, 6) is -0.811. The number of hydrogen-bond acceptors (Lipinski definition) is 4. The normalized spacial score (nSPS) is 21.5. The average molecular weight is 303 g/mol. The van der Waals surface area contributed by atoms with Gasteiger partial charge in [-0.25, -0.2) is 0 Å². The van der Waals surface area contributed by atoms with Crippen molar-refractivity contribution in [2.75, 3.05) is 19.7 Å². The first-order valence-electron chi connectivity index (χ1n) is 7.60. The molecule has 1 aliphatic heterocycles. The van der Waals surface area contributed by atoms with Gasteiger partial charge in [-0.05, 0) is 25.5 Å². The molecule has 1 atom stereocenters. The SMILES string of the molecule is CCOC(=O)C1(CC)CN(C(=O)c2ccccc2)CCC1=O. The lowest BCUT2D eigenvalue weighted by Gasteiger charge is -2.39. The average Bonchev–Trinajstić information content (AvgIpc) is 2.56. The standard InChI is InChI=1S/C17H21NO4/c1-3-17(16(21)22-4-2)12-18(11-10-14(17)19)15(20)13-8-6-5-7-9-13/h5-9H,3-4,10-12H2,1-2H3. The summed E-state index contributed by atoms with van der Waals surface area (Å²) in [6, 6.07) is 8.89. The van der Waals surface area contributed by atoms with Crippen molar-refractivity contribution in [3.63, 3.8) is 0 Å². The maximum absolute atomic E-state index is 12.6. The molecule has 1 heterocycles. The topological polar surface area (TPSA) is 63.7 Å². The van der Waals surface area contributed by atoms with E-state index < -0.39 is 11.4 Å². The second kappa shape index (κ2) is 6.73. The van der Waals surface area contributed by atoms with Crippen LogP contribution < -0.4 is 0 Å². The number of nitrogens with zero attached hydrogens (tertiary/aromatic N) is 1. The van der Waals surface area contributed by atoms with Gasteiger partial charge in [0.1, 0.15) is 5.41 Å². The van der Waals surface area contributed by atoms with E-state index in [1.165, 1.54) is 0 Å². The summed E-state index contributed by atoms with van der Waals surface area (Å²) in [6.07, 6.45) is 0.522. The van der Waals surface area contributed by atoms with Crippen molar-refractivity contribution >= 4 is 17.7 Å². The Labute approximate surface area is 130 Å². The number of ketones is 1. The van der Waals surface area contributed by atoms with Crippen LogP contribution in [0.5, 0.6) is 0 Å². The quantitative estimate of drug-likeness (QED) is 0.631. The van der Waals surface area contributed by atoms with Gasteiger partial charge in [-0.3, -0.25) is 14.4 Å². The molecule has 1 aliphatic rings. The van der Waals surface area contributed by atoms with Crippen LogP contribution in [0.3, 0.4) is 0 Å². The van der Waals surface area contributed by atoms with Gasteiger partial charge in [0.05, 0.1) is 6.61 Å². The molecule has 1 amide bonds. The molecule has 1 fully saturated rings. The molecule has 0 N–H and O–H groups in total. The van der Waals surface area contributed by atoms with Gasteiger partial charge in [0.15, 0.2) is 5.78 Å². The van der Waals surface area contributed by atoms with Crippen LogP contribution in [0.15, 0.2) is 30.3 Å². The summed E-state index contributed by atoms with van der Waals surface area (Å²) in [5, 5.41) is 0. The predicted octanol–water partition coefficient (Wildman–Crippen LogP) is 2.06. The van der Waals surface area contributed by atoms with E-state index >= 15 is 0 Å². The van der Waals surface area contributed by atoms with E-state index in [0.29, 0.717) is 18.5 Å². The monoisotopic (exact) mass is 303 g/mol. The summed E-state index contributed by atoms with van der Waals surface area (Å²) in [6.45, 7) is 4.15. The number of carbonyl (C=O) groups is 3. The number of piperidine rings is 1. The molecule has 1 unspecified atom stereocenters. The van der Waals surface area contributed by atoms with Crippen molar-refractivity contribution in [2.24, 2.45) is 5.41 Å². The van der Waals surface area contributed by atoms with Crippen LogP contribution in [0.25, 0.3) is 0 Å². The summed E-state index contributed by atoms with van der Waals surface area (Å²) >= 11 is 0. The maximum atomic E-state index is 12.6. The third-order valence-corrected chi connectivity index (χ3v) is 4.18. The van der Waals surface area contributed by atoms with Crippen LogP contribution in [0, 0.1) is 5.41 Å². The van der Waals surface area contributed by atoms with Gasteiger partial charge in [-0.2, -0.15) is 0 Å². The van der Waals surface area contributed by atoms with Crippen molar-refractivity contribution in [1.29, 1.82) is 0 Å². The Kier molecular flexibility index (Phi) is 4.96. The number of likely N-dealkylation sites (tertiary alicyclic amines) is 1. The van der Waals surface area contributed by atoms with Gasteiger partial charge in [-0.15, -0.1) is 0 Å². The van der Waals surface area contributed by atoms with Crippen molar-refractivity contribution in [3.05, 3.63) is 35.9 Å². The van der Waals surface area contributed by atoms with Crippen molar-refractivity contribution in [1.82, 2.24) is 4.90 Å². The molecule has 1 aromatic carbocycles. The number of esters is 1. The third kappa shape index (κ3) is 2.89. The highest BCUT2D eigenvalue weighted by Gasteiger charge is 2.49. The number of amides is 1. The zero-order chi connectivity index (χ0) is 16.2. The molecule has 0 spiro atoms. The molecule has 0 saturated carbocycles. The molecule has 5 heteroatoms. The fourth-order valence-electron chi connectivity index (χ4n) is 2.81. The lowest BCUT2D eigenvalue weighted by atomic mass is 9.76.